The van der Waals surface area contributed by atoms with E-state index in [1.54, 1.807) is 0 Å². The van der Waals surface area contributed by atoms with E-state index < -0.39 is 11.8 Å². The lowest BCUT2D eigenvalue weighted by Crippen LogP contribution is -2.32. The minimum atomic E-state index is -0.668. The first kappa shape index (κ1) is 10.0. The lowest BCUT2D eigenvalue weighted by Gasteiger charge is -2.19. The molecule has 86 valence electrons. The lowest BCUT2D eigenvalue weighted by molar-refractivity contribution is -0.139. The number of hydrogen-bond donors (Lipinski definition) is 0. The zero-order chi connectivity index (χ0) is 12.0. The van der Waals surface area contributed by atoms with Gasteiger partial charge in [-0.1, -0.05) is 30.3 Å². The Kier molecular flexibility index (Phi) is 2.01. The number of benzene rings is 1. The number of carbonyl (C=O) groups is 2. The highest BCUT2D eigenvalue weighted by molar-refractivity contribution is 6.44. The van der Waals surface area contributed by atoms with Gasteiger partial charge in [0, 0.05) is 7.05 Å². The summed E-state index contributed by atoms with van der Waals surface area (Å²) in [5.41, 5.74) is 1.12. The van der Waals surface area contributed by atoms with Crippen molar-refractivity contribution in [1.29, 1.82) is 0 Å². The van der Waals surface area contributed by atoms with Crippen LogP contribution in [0.1, 0.15) is 11.6 Å². The van der Waals surface area contributed by atoms with Gasteiger partial charge in [0.15, 0.2) is 0 Å². The third-order valence-corrected chi connectivity index (χ3v) is 3.19. The molecule has 17 heavy (non-hydrogen) atoms. The number of aliphatic imine (C=N–C) groups is 1. The lowest BCUT2D eigenvalue weighted by atomic mass is 10.1. The van der Waals surface area contributed by atoms with Gasteiger partial charge in [0.2, 0.25) is 5.96 Å². The molecule has 1 atom stereocenters. The molecule has 0 saturated carbocycles. The largest absolute Gasteiger partial charge is 0.338 e. The fourth-order valence-electron chi connectivity index (χ4n) is 2.28. The molecule has 2 amide bonds. The molecule has 2 aliphatic rings. The maximum atomic E-state index is 11.5. The van der Waals surface area contributed by atoms with Crippen LogP contribution < -0.4 is 0 Å². The third-order valence-electron chi connectivity index (χ3n) is 3.19. The molecule has 5 nitrogen and oxygen atoms in total. The molecule has 2 aliphatic heterocycles. The molecular weight excluding hydrogens is 218 g/mol. The van der Waals surface area contributed by atoms with Crippen LogP contribution in [-0.2, 0) is 9.59 Å². The normalized spacial score (nSPS) is 23.1. The van der Waals surface area contributed by atoms with Gasteiger partial charge in [-0.2, -0.15) is 4.99 Å². The molecule has 5 heteroatoms. The molecule has 0 unspecified atom stereocenters. The first-order valence-electron chi connectivity index (χ1n) is 5.41. The molecule has 2 heterocycles. The number of fused-ring (bicyclic) bond motifs is 1. The summed E-state index contributed by atoms with van der Waals surface area (Å²) in [5, 5.41) is 0. The van der Waals surface area contributed by atoms with Gasteiger partial charge < -0.3 is 4.90 Å². The van der Waals surface area contributed by atoms with Crippen molar-refractivity contribution in [3.8, 4) is 0 Å². The maximum absolute atomic E-state index is 11.5. The SMILES string of the molecule is CN1C2=NC(=O)C(=O)N2C[C@H]1c1ccccc1. The highest BCUT2D eigenvalue weighted by atomic mass is 16.2. The summed E-state index contributed by atoms with van der Waals surface area (Å²) in [6.07, 6.45) is 0. The number of guanidine groups is 1. The summed E-state index contributed by atoms with van der Waals surface area (Å²) in [6.45, 7) is 0.490. The van der Waals surface area contributed by atoms with E-state index in [0.29, 0.717) is 12.5 Å². The van der Waals surface area contributed by atoms with E-state index in [4.69, 9.17) is 0 Å². The molecular formula is C12H11N3O2. The van der Waals surface area contributed by atoms with Crippen molar-refractivity contribution < 1.29 is 9.59 Å². The molecule has 0 bridgehead atoms. The smallest absolute Gasteiger partial charge is 0.336 e. The van der Waals surface area contributed by atoms with Crippen LogP contribution in [0, 0.1) is 0 Å². The highest BCUT2D eigenvalue weighted by Gasteiger charge is 2.44. The molecule has 1 aromatic rings. The quantitative estimate of drug-likeness (QED) is 0.655. The summed E-state index contributed by atoms with van der Waals surface area (Å²) in [6, 6.07) is 9.97. The van der Waals surface area contributed by atoms with E-state index >= 15 is 0 Å². The third kappa shape index (κ3) is 1.35. The van der Waals surface area contributed by atoms with Crippen LogP contribution in [0.25, 0.3) is 0 Å². The predicted molar refractivity (Wildman–Crippen MR) is 61.1 cm³/mol. The number of carbonyl (C=O) groups excluding carboxylic acids is 2. The van der Waals surface area contributed by atoms with Crippen molar-refractivity contribution >= 4 is 17.8 Å². The fourth-order valence-corrected chi connectivity index (χ4v) is 2.28. The van der Waals surface area contributed by atoms with Gasteiger partial charge in [-0.05, 0) is 5.56 Å². The maximum Gasteiger partial charge on any atom is 0.338 e. The minimum absolute atomic E-state index is 0.0759. The molecule has 0 aromatic heterocycles. The summed E-state index contributed by atoms with van der Waals surface area (Å²) < 4.78 is 0. The Morgan fingerprint density at radius 3 is 2.59 bits per heavy atom. The van der Waals surface area contributed by atoms with Crippen molar-refractivity contribution in [2.75, 3.05) is 13.6 Å². The standard InChI is InChI=1S/C12H11N3O2/c1-14-9(8-5-3-2-4-6-8)7-15-11(17)10(16)13-12(14)15/h2-6,9H,7H2,1H3/t9-/m0/s1. The molecule has 0 radical (unpaired) electrons. The second kappa shape index (κ2) is 3.41. The second-order valence-electron chi connectivity index (χ2n) is 4.17. The van der Waals surface area contributed by atoms with E-state index in [1.807, 2.05) is 42.3 Å². The summed E-state index contributed by atoms with van der Waals surface area (Å²) in [7, 11) is 1.85. The van der Waals surface area contributed by atoms with Crippen LogP contribution in [0.4, 0.5) is 0 Å². The Morgan fingerprint density at radius 1 is 1.24 bits per heavy atom. The second-order valence-corrected chi connectivity index (χ2v) is 4.17. The van der Waals surface area contributed by atoms with Crippen molar-refractivity contribution in [3.63, 3.8) is 0 Å². The van der Waals surface area contributed by atoms with E-state index in [1.165, 1.54) is 4.90 Å². The van der Waals surface area contributed by atoms with Gasteiger partial charge in [-0.3, -0.25) is 14.5 Å². The number of rotatable bonds is 1. The van der Waals surface area contributed by atoms with E-state index in [0.717, 1.165) is 5.56 Å². The zero-order valence-corrected chi connectivity index (χ0v) is 9.33. The Balaban J connectivity index is 1.96. The monoisotopic (exact) mass is 229 g/mol. The molecule has 1 aromatic carbocycles. The number of amides is 2. The first-order chi connectivity index (χ1) is 8.18. The minimum Gasteiger partial charge on any atom is -0.336 e. The first-order valence-corrected chi connectivity index (χ1v) is 5.41. The van der Waals surface area contributed by atoms with Gasteiger partial charge in [0.05, 0.1) is 12.6 Å². The molecule has 0 N–H and O–H groups in total. The van der Waals surface area contributed by atoms with E-state index in [2.05, 4.69) is 4.99 Å². The Bertz CT molecular complexity index is 524. The fraction of sp³-hybridized carbons (Fsp3) is 0.250. The molecule has 1 fully saturated rings. The van der Waals surface area contributed by atoms with Crippen LogP contribution in [0.3, 0.4) is 0 Å². The molecule has 1 saturated heterocycles. The van der Waals surface area contributed by atoms with Gasteiger partial charge in [-0.25, -0.2) is 0 Å². The average Bonchev–Trinajstić information content (AvgIpc) is 2.81. The Morgan fingerprint density at radius 2 is 1.94 bits per heavy atom. The van der Waals surface area contributed by atoms with Gasteiger partial charge in [-0.15, -0.1) is 0 Å². The van der Waals surface area contributed by atoms with Crippen molar-refractivity contribution in [2.24, 2.45) is 4.99 Å². The van der Waals surface area contributed by atoms with Crippen LogP contribution >= 0.6 is 0 Å². The zero-order valence-electron chi connectivity index (χ0n) is 9.33. The van der Waals surface area contributed by atoms with Gasteiger partial charge in [0.25, 0.3) is 0 Å². The average molecular weight is 229 g/mol. The summed E-state index contributed by atoms with van der Waals surface area (Å²) >= 11 is 0. The van der Waals surface area contributed by atoms with Gasteiger partial charge in [0.1, 0.15) is 0 Å². The molecule has 0 spiro atoms. The molecule has 3 rings (SSSR count). The molecule has 0 aliphatic carbocycles. The summed E-state index contributed by atoms with van der Waals surface area (Å²) in [5.74, 6) is -0.725. The number of likely N-dealkylation sites (N-methyl/N-ethyl adjacent to an activating group) is 1. The summed E-state index contributed by atoms with van der Waals surface area (Å²) in [4.78, 5) is 29.8. The van der Waals surface area contributed by atoms with Crippen LogP contribution in [-0.4, -0.2) is 41.2 Å². The Hall–Kier alpha value is -2.17. The number of hydrogen-bond acceptors (Lipinski definition) is 3. The van der Waals surface area contributed by atoms with Crippen LogP contribution in [0.5, 0.6) is 0 Å². The van der Waals surface area contributed by atoms with Crippen LogP contribution in [0.2, 0.25) is 0 Å². The van der Waals surface area contributed by atoms with Crippen molar-refractivity contribution in [1.82, 2.24) is 9.80 Å². The predicted octanol–water partition coefficient (Wildman–Crippen LogP) is 0.398. The Labute approximate surface area is 98.3 Å². The van der Waals surface area contributed by atoms with Crippen molar-refractivity contribution in [3.05, 3.63) is 35.9 Å². The van der Waals surface area contributed by atoms with Crippen LogP contribution in [0.15, 0.2) is 35.3 Å². The van der Waals surface area contributed by atoms with Crippen molar-refractivity contribution in [2.45, 2.75) is 6.04 Å². The highest BCUT2D eigenvalue weighted by Crippen LogP contribution is 2.30. The van der Waals surface area contributed by atoms with Gasteiger partial charge >= 0.3 is 11.8 Å². The topological polar surface area (TPSA) is 53.0 Å². The number of nitrogens with zero attached hydrogens (tertiary/aromatic N) is 3. The van der Waals surface area contributed by atoms with E-state index in [9.17, 15) is 9.59 Å². The van der Waals surface area contributed by atoms with E-state index in [-0.39, 0.29) is 6.04 Å².